The van der Waals surface area contributed by atoms with E-state index < -0.39 is 0 Å². The van der Waals surface area contributed by atoms with Crippen molar-refractivity contribution in [1.82, 2.24) is 5.32 Å². The van der Waals surface area contributed by atoms with E-state index in [0.29, 0.717) is 18.1 Å². The Morgan fingerprint density at radius 2 is 2.00 bits per heavy atom. The molecule has 1 N–H and O–H groups in total. The molecule has 5 nitrogen and oxygen atoms in total. The third-order valence-corrected chi connectivity index (χ3v) is 4.06. The average molecular weight is 340 g/mol. The highest BCUT2D eigenvalue weighted by Gasteiger charge is 2.34. The predicted octanol–water partition coefficient (Wildman–Crippen LogP) is 4.00. The number of carbonyl (C=O) groups excluding carboxylic acids is 2. The molecule has 1 aromatic rings. The summed E-state index contributed by atoms with van der Waals surface area (Å²) in [6, 6.07) is 7.26. The minimum absolute atomic E-state index is 0.148. The first-order valence-electron chi connectivity index (χ1n) is 7.98. The molecule has 2 rings (SSSR count). The number of carbonyl (C=O) groups is 2. The largest absolute Gasteiger partial charge is 0.466 e. The molecule has 23 heavy (non-hydrogen) atoms. The average Bonchev–Trinajstić information content (AvgIpc) is 2.89. The monoisotopic (exact) mass is 339 g/mol. The summed E-state index contributed by atoms with van der Waals surface area (Å²) in [6.45, 7) is 2.22. The quantitative estimate of drug-likeness (QED) is 0.574. The SMILES string of the molecule is CCOC(=O)CCCCCC1OC(=O)NC1c1ccc(Cl)cc1. The lowest BCUT2D eigenvalue weighted by Crippen LogP contribution is -2.22. The molecule has 1 aliphatic rings. The zero-order valence-electron chi connectivity index (χ0n) is 13.2. The number of hydrogen-bond donors (Lipinski definition) is 1. The number of cyclic esters (lactones) is 1. The molecule has 1 aromatic carbocycles. The Labute approximate surface area is 141 Å². The Kier molecular flexibility index (Phi) is 6.71. The topological polar surface area (TPSA) is 64.6 Å². The summed E-state index contributed by atoms with van der Waals surface area (Å²) in [5, 5.41) is 3.50. The summed E-state index contributed by atoms with van der Waals surface area (Å²) in [6.07, 6.45) is 3.21. The minimum Gasteiger partial charge on any atom is -0.466 e. The van der Waals surface area contributed by atoms with E-state index in [2.05, 4.69) is 5.32 Å². The van der Waals surface area contributed by atoms with Crippen LogP contribution in [-0.4, -0.2) is 24.8 Å². The molecule has 126 valence electrons. The Bertz CT molecular complexity index is 532. The van der Waals surface area contributed by atoms with E-state index in [1.165, 1.54) is 0 Å². The molecule has 0 bridgehead atoms. The molecule has 0 aliphatic carbocycles. The van der Waals surface area contributed by atoms with Crippen molar-refractivity contribution in [3.05, 3.63) is 34.9 Å². The maximum Gasteiger partial charge on any atom is 0.408 e. The number of rotatable bonds is 8. The lowest BCUT2D eigenvalue weighted by atomic mass is 9.97. The highest BCUT2D eigenvalue weighted by molar-refractivity contribution is 6.30. The van der Waals surface area contributed by atoms with Crippen LogP contribution in [0.5, 0.6) is 0 Å². The highest BCUT2D eigenvalue weighted by Crippen LogP contribution is 2.29. The summed E-state index contributed by atoms with van der Waals surface area (Å²) < 4.78 is 10.2. The van der Waals surface area contributed by atoms with E-state index in [4.69, 9.17) is 21.1 Å². The van der Waals surface area contributed by atoms with Gasteiger partial charge in [-0.2, -0.15) is 0 Å². The van der Waals surface area contributed by atoms with Gasteiger partial charge in [0.1, 0.15) is 6.10 Å². The highest BCUT2D eigenvalue weighted by atomic mass is 35.5. The third kappa shape index (κ3) is 5.43. The van der Waals surface area contributed by atoms with Gasteiger partial charge in [0.25, 0.3) is 0 Å². The smallest absolute Gasteiger partial charge is 0.408 e. The van der Waals surface area contributed by atoms with Crippen molar-refractivity contribution >= 4 is 23.7 Å². The summed E-state index contributed by atoms with van der Waals surface area (Å²) in [4.78, 5) is 22.8. The van der Waals surface area contributed by atoms with Crippen LogP contribution in [0, 0.1) is 0 Å². The summed E-state index contributed by atoms with van der Waals surface area (Å²) in [7, 11) is 0. The Morgan fingerprint density at radius 1 is 1.26 bits per heavy atom. The number of esters is 1. The molecule has 1 amide bonds. The molecule has 1 heterocycles. The maximum absolute atomic E-state index is 11.5. The number of nitrogens with one attached hydrogen (secondary N) is 1. The van der Waals surface area contributed by atoms with E-state index in [0.717, 1.165) is 31.2 Å². The first-order chi connectivity index (χ1) is 11.1. The molecule has 6 heteroatoms. The second-order valence-corrected chi connectivity index (χ2v) is 5.96. The summed E-state index contributed by atoms with van der Waals surface area (Å²) in [5.74, 6) is -0.152. The van der Waals surface area contributed by atoms with Crippen molar-refractivity contribution in [2.75, 3.05) is 6.61 Å². The lowest BCUT2D eigenvalue weighted by Gasteiger charge is -2.17. The molecule has 1 saturated heterocycles. The first-order valence-corrected chi connectivity index (χ1v) is 8.36. The van der Waals surface area contributed by atoms with E-state index in [1.807, 2.05) is 12.1 Å². The number of halogens is 1. The van der Waals surface area contributed by atoms with E-state index in [1.54, 1.807) is 19.1 Å². The van der Waals surface area contributed by atoms with Crippen molar-refractivity contribution < 1.29 is 19.1 Å². The van der Waals surface area contributed by atoms with E-state index >= 15 is 0 Å². The molecule has 0 radical (unpaired) electrons. The standard InChI is InChI=1S/C17H22ClNO4/c1-2-22-15(20)7-5-3-4-6-14-16(19-17(21)23-14)12-8-10-13(18)11-9-12/h8-11,14,16H,2-7H2,1H3,(H,19,21). The number of alkyl carbamates (subject to hydrolysis) is 1. The molecule has 2 atom stereocenters. The molecule has 2 unspecified atom stereocenters. The molecule has 1 fully saturated rings. The molecule has 0 saturated carbocycles. The molecule has 1 aliphatic heterocycles. The molecule has 0 spiro atoms. The van der Waals surface area contributed by atoms with Gasteiger partial charge >= 0.3 is 12.1 Å². The second-order valence-electron chi connectivity index (χ2n) is 5.52. The Balaban J connectivity index is 1.78. The van der Waals surface area contributed by atoms with Crippen LogP contribution in [0.2, 0.25) is 5.02 Å². The number of ether oxygens (including phenoxy) is 2. The maximum atomic E-state index is 11.5. The van der Waals surface area contributed by atoms with Crippen LogP contribution in [0.3, 0.4) is 0 Å². The van der Waals surface area contributed by atoms with E-state index in [9.17, 15) is 9.59 Å². The normalized spacial score (nSPS) is 20.0. The van der Waals surface area contributed by atoms with Crippen molar-refractivity contribution in [1.29, 1.82) is 0 Å². The number of amides is 1. The van der Waals surface area contributed by atoms with Gasteiger partial charge in [0, 0.05) is 11.4 Å². The fourth-order valence-corrected chi connectivity index (χ4v) is 2.80. The fraction of sp³-hybridized carbons (Fsp3) is 0.529. The van der Waals surface area contributed by atoms with Crippen LogP contribution >= 0.6 is 11.6 Å². The Morgan fingerprint density at radius 3 is 2.70 bits per heavy atom. The van der Waals surface area contributed by atoms with Crippen LogP contribution in [0.25, 0.3) is 0 Å². The Hall–Kier alpha value is -1.75. The van der Waals surface area contributed by atoms with Crippen LogP contribution in [0.15, 0.2) is 24.3 Å². The van der Waals surface area contributed by atoms with Crippen molar-refractivity contribution in [3.8, 4) is 0 Å². The van der Waals surface area contributed by atoms with Gasteiger partial charge in [-0.25, -0.2) is 4.79 Å². The van der Waals surface area contributed by atoms with Crippen molar-refractivity contribution in [2.24, 2.45) is 0 Å². The summed E-state index contributed by atoms with van der Waals surface area (Å²) >= 11 is 5.89. The van der Waals surface area contributed by atoms with Crippen LogP contribution < -0.4 is 5.32 Å². The van der Waals surface area contributed by atoms with E-state index in [-0.39, 0.29) is 24.2 Å². The lowest BCUT2D eigenvalue weighted by molar-refractivity contribution is -0.143. The van der Waals surface area contributed by atoms with Gasteiger partial charge in [-0.15, -0.1) is 0 Å². The van der Waals surface area contributed by atoms with Crippen LogP contribution in [0.4, 0.5) is 4.79 Å². The van der Waals surface area contributed by atoms with Gasteiger partial charge in [0.05, 0.1) is 12.6 Å². The number of benzene rings is 1. The van der Waals surface area contributed by atoms with Gasteiger partial charge in [-0.3, -0.25) is 4.79 Å². The van der Waals surface area contributed by atoms with Crippen LogP contribution in [-0.2, 0) is 14.3 Å². The molecular weight excluding hydrogens is 318 g/mol. The number of unbranched alkanes of at least 4 members (excludes halogenated alkanes) is 2. The zero-order chi connectivity index (χ0) is 16.7. The molecular formula is C17H22ClNO4. The third-order valence-electron chi connectivity index (χ3n) is 3.81. The predicted molar refractivity (Wildman–Crippen MR) is 87.3 cm³/mol. The van der Waals surface area contributed by atoms with Gasteiger partial charge in [0.2, 0.25) is 0 Å². The van der Waals surface area contributed by atoms with Crippen molar-refractivity contribution in [2.45, 2.75) is 51.2 Å². The van der Waals surface area contributed by atoms with Gasteiger partial charge in [0.15, 0.2) is 0 Å². The molecule has 0 aromatic heterocycles. The zero-order valence-corrected chi connectivity index (χ0v) is 14.0. The first kappa shape index (κ1) is 17.6. The second kappa shape index (κ2) is 8.77. The fourth-order valence-electron chi connectivity index (χ4n) is 2.68. The van der Waals surface area contributed by atoms with Gasteiger partial charge in [-0.1, -0.05) is 30.2 Å². The number of hydrogen-bond acceptors (Lipinski definition) is 4. The summed E-state index contributed by atoms with van der Waals surface area (Å²) in [5.41, 5.74) is 0.983. The van der Waals surface area contributed by atoms with Gasteiger partial charge < -0.3 is 14.8 Å². The van der Waals surface area contributed by atoms with Crippen LogP contribution in [0.1, 0.15) is 50.6 Å². The van der Waals surface area contributed by atoms with Crippen molar-refractivity contribution in [3.63, 3.8) is 0 Å². The minimum atomic E-state index is -0.388. The van der Waals surface area contributed by atoms with Gasteiger partial charge in [-0.05, 0) is 43.9 Å².